The zero-order valence-corrected chi connectivity index (χ0v) is 16.6. The minimum atomic E-state index is -3.89. The molecule has 1 aliphatic heterocycles. The van der Waals surface area contributed by atoms with Gasteiger partial charge in [-0.05, 0) is 38.1 Å². The average molecular weight is 410 g/mol. The van der Waals surface area contributed by atoms with Crippen molar-refractivity contribution in [1.82, 2.24) is 5.48 Å². The van der Waals surface area contributed by atoms with Gasteiger partial charge in [0.2, 0.25) is 0 Å². The first-order valence-electron chi connectivity index (χ1n) is 8.37. The van der Waals surface area contributed by atoms with Crippen molar-refractivity contribution in [3.05, 3.63) is 24.3 Å². The van der Waals surface area contributed by atoms with Crippen LogP contribution in [0.25, 0.3) is 0 Å². The second-order valence-electron chi connectivity index (χ2n) is 6.47. The number of cyclic esters (lactones) is 1. The molecule has 1 aromatic carbocycles. The van der Waals surface area contributed by atoms with Crippen molar-refractivity contribution >= 4 is 27.5 Å². The van der Waals surface area contributed by atoms with Gasteiger partial charge in [0, 0.05) is 18.4 Å². The van der Waals surface area contributed by atoms with E-state index in [4.69, 9.17) is 14.7 Å². The molecule has 28 heavy (non-hydrogen) atoms. The van der Waals surface area contributed by atoms with Gasteiger partial charge < -0.3 is 9.47 Å². The third-order valence-electron chi connectivity index (χ3n) is 4.53. The third kappa shape index (κ3) is 4.55. The molecule has 0 saturated carbocycles. The number of sulfone groups is 1. The summed E-state index contributed by atoms with van der Waals surface area (Å²) in [7, 11) is -3.89. The molecule has 1 aromatic rings. The van der Waals surface area contributed by atoms with Crippen LogP contribution in [0.15, 0.2) is 24.3 Å². The number of ether oxygens (including phenoxy) is 2. The predicted molar refractivity (Wildman–Crippen MR) is 101 cm³/mol. The molecule has 2 amide bonds. The summed E-state index contributed by atoms with van der Waals surface area (Å²) in [5.41, 5.74) is 1.91. The molecular weight excluding hydrogens is 388 g/mol. The number of rotatable bonds is 7. The second-order valence-corrected chi connectivity index (χ2v) is 8.92. The molecule has 0 spiro atoms. The number of carbonyl (C=O) groups is 2. The van der Waals surface area contributed by atoms with Gasteiger partial charge in [-0.15, -0.1) is 5.92 Å². The summed E-state index contributed by atoms with van der Waals surface area (Å²) in [6.45, 7) is 3.20. The number of hydrogen-bond acceptors (Lipinski definition) is 7. The molecule has 2 N–H and O–H groups in total. The highest BCUT2D eigenvalue weighted by molar-refractivity contribution is 7.92. The van der Waals surface area contributed by atoms with Gasteiger partial charge in [0.15, 0.2) is 14.6 Å². The molecule has 0 aliphatic carbocycles. The first-order valence-corrected chi connectivity index (χ1v) is 10.3. The van der Waals surface area contributed by atoms with Gasteiger partial charge in [-0.1, -0.05) is 5.92 Å². The van der Waals surface area contributed by atoms with Crippen LogP contribution in [-0.2, 0) is 19.4 Å². The fraction of sp³-hybridized carbons (Fsp3) is 0.444. The molecule has 1 heterocycles. The van der Waals surface area contributed by atoms with Crippen LogP contribution in [-0.4, -0.2) is 55.9 Å². The van der Waals surface area contributed by atoms with E-state index in [1.165, 1.54) is 17.3 Å². The Hall–Kier alpha value is -2.77. The van der Waals surface area contributed by atoms with E-state index in [0.717, 1.165) is 6.26 Å². The van der Waals surface area contributed by atoms with Crippen molar-refractivity contribution in [2.75, 3.05) is 24.3 Å². The van der Waals surface area contributed by atoms with Crippen LogP contribution >= 0.6 is 0 Å². The topological polar surface area (TPSA) is 122 Å². The predicted octanol–water partition coefficient (Wildman–Crippen LogP) is 1.11. The maximum atomic E-state index is 12.2. The fourth-order valence-corrected chi connectivity index (χ4v) is 3.59. The van der Waals surface area contributed by atoms with Crippen LogP contribution in [0, 0.1) is 11.8 Å². The van der Waals surface area contributed by atoms with Gasteiger partial charge in [0.05, 0.1) is 6.54 Å². The van der Waals surface area contributed by atoms with Gasteiger partial charge >= 0.3 is 6.09 Å². The Kier molecular flexibility index (Phi) is 6.53. The van der Waals surface area contributed by atoms with Crippen molar-refractivity contribution < 1.29 is 32.7 Å². The number of nitrogens with one attached hydrogen (secondary N) is 1. The molecule has 1 saturated heterocycles. The number of hydroxylamine groups is 1. The van der Waals surface area contributed by atoms with Crippen LogP contribution in [0.4, 0.5) is 10.5 Å². The summed E-state index contributed by atoms with van der Waals surface area (Å²) in [4.78, 5) is 25.5. The molecule has 0 bridgehead atoms. The van der Waals surface area contributed by atoms with E-state index < -0.39 is 32.7 Å². The van der Waals surface area contributed by atoms with Gasteiger partial charge in [0.25, 0.3) is 5.91 Å². The van der Waals surface area contributed by atoms with E-state index in [1.807, 2.05) is 0 Å². The minimum absolute atomic E-state index is 0.0597. The standard InChI is InChI=1S/C18H22N2O7S/c1-4-5-10-26-14-8-6-13(7-9-14)20-12-15(27-17(20)22)11-18(2,16(21)19-23)28(3,24)25/h6-9,15,23H,10-12H2,1-3H3,(H,19,21)/t15-,18+/m0/s1. The summed E-state index contributed by atoms with van der Waals surface area (Å²) in [5.74, 6) is 4.99. The van der Waals surface area contributed by atoms with E-state index in [1.54, 1.807) is 31.2 Å². The van der Waals surface area contributed by atoms with E-state index in [9.17, 15) is 18.0 Å². The smallest absolute Gasteiger partial charge is 0.414 e. The van der Waals surface area contributed by atoms with Gasteiger partial charge in [-0.25, -0.2) is 18.7 Å². The molecular formula is C18H22N2O7S. The second kappa shape index (κ2) is 8.50. The highest BCUT2D eigenvalue weighted by Gasteiger charge is 2.48. The molecule has 152 valence electrons. The molecule has 9 nitrogen and oxygen atoms in total. The Morgan fingerprint density at radius 1 is 1.43 bits per heavy atom. The van der Waals surface area contributed by atoms with Crippen molar-refractivity contribution in [1.29, 1.82) is 0 Å². The summed E-state index contributed by atoms with van der Waals surface area (Å²) in [6.07, 6.45) is -0.911. The van der Waals surface area contributed by atoms with Crippen molar-refractivity contribution in [3.8, 4) is 17.6 Å². The zero-order chi connectivity index (χ0) is 20.9. The van der Waals surface area contributed by atoms with Crippen LogP contribution in [0.2, 0.25) is 0 Å². The highest BCUT2D eigenvalue weighted by Crippen LogP contribution is 2.30. The Labute approximate surface area is 163 Å². The number of carbonyl (C=O) groups excluding carboxylic acids is 2. The molecule has 0 aromatic heterocycles. The highest BCUT2D eigenvalue weighted by atomic mass is 32.2. The molecule has 2 rings (SSSR count). The normalized spacial score (nSPS) is 18.5. The summed E-state index contributed by atoms with van der Waals surface area (Å²) < 4.78 is 32.8. The van der Waals surface area contributed by atoms with Crippen LogP contribution < -0.4 is 15.1 Å². The lowest BCUT2D eigenvalue weighted by Gasteiger charge is -2.26. The monoisotopic (exact) mass is 410 g/mol. The average Bonchev–Trinajstić information content (AvgIpc) is 3.00. The SMILES string of the molecule is CC#CCOc1ccc(N2C[C@H](C[C@](C)(C(=O)NO)S(C)(=O)=O)OC2=O)cc1. The lowest BCUT2D eigenvalue weighted by atomic mass is 10.0. The molecule has 2 atom stereocenters. The lowest BCUT2D eigenvalue weighted by Crippen LogP contribution is -2.51. The van der Waals surface area contributed by atoms with Gasteiger partial charge in [-0.2, -0.15) is 0 Å². The quantitative estimate of drug-likeness (QED) is 0.392. The molecule has 0 unspecified atom stereocenters. The maximum Gasteiger partial charge on any atom is 0.414 e. The van der Waals surface area contributed by atoms with Crippen LogP contribution in [0.5, 0.6) is 5.75 Å². The number of nitrogens with zero attached hydrogens (tertiary/aromatic N) is 1. The minimum Gasteiger partial charge on any atom is -0.481 e. The van der Waals surface area contributed by atoms with E-state index in [0.29, 0.717) is 11.4 Å². The molecule has 1 fully saturated rings. The van der Waals surface area contributed by atoms with E-state index >= 15 is 0 Å². The van der Waals surface area contributed by atoms with E-state index in [2.05, 4.69) is 11.8 Å². The number of benzene rings is 1. The Morgan fingerprint density at radius 2 is 2.07 bits per heavy atom. The number of amides is 2. The fourth-order valence-electron chi connectivity index (χ4n) is 2.72. The van der Waals surface area contributed by atoms with Crippen molar-refractivity contribution in [2.24, 2.45) is 0 Å². The maximum absolute atomic E-state index is 12.2. The molecule has 0 radical (unpaired) electrons. The molecule has 10 heteroatoms. The van der Waals surface area contributed by atoms with Crippen molar-refractivity contribution in [3.63, 3.8) is 0 Å². The Balaban J connectivity index is 2.12. The number of hydrogen-bond donors (Lipinski definition) is 2. The summed E-state index contributed by atoms with van der Waals surface area (Å²) in [5, 5.41) is 8.89. The van der Waals surface area contributed by atoms with Crippen LogP contribution in [0.1, 0.15) is 20.3 Å². The summed E-state index contributed by atoms with van der Waals surface area (Å²) >= 11 is 0. The Morgan fingerprint density at radius 3 is 2.61 bits per heavy atom. The van der Waals surface area contributed by atoms with Gasteiger partial charge in [-0.3, -0.25) is 14.9 Å². The van der Waals surface area contributed by atoms with Crippen molar-refractivity contribution in [2.45, 2.75) is 31.1 Å². The third-order valence-corrected chi connectivity index (χ3v) is 6.52. The zero-order valence-electron chi connectivity index (χ0n) is 15.8. The largest absolute Gasteiger partial charge is 0.481 e. The van der Waals surface area contributed by atoms with E-state index in [-0.39, 0.29) is 19.6 Å². The lowest BCUT2D eigenvalue weighted by molar-refractivity contribution is -0.132. The summed E-state index contributed by atoms with van der Waals surface area (Å²) in [6, 6.07) is 6.67. The number of anilines is 1. The van der Waals surface area contributed by atoms with Gasteiger partial charge in [0.1, 0.15) is 18.5 Å². The first-order chi connectivity index (χ1) is 13.1. The molecule has 1 aliphatic rings. The first kappa shape index (κ1) is 21.5. The van der Waals surface area contributed by atoms with Crippen LogP contribution in [0.3, 0.4) is 0 Å². The Bertz CT molecular complexity index is 902.